The van der Waals surface area contributed by atoms with Gasteiger partial charge in [-0.05, 0) is 18.1 Å². The minimum absolute atomic E-state index is 0.0141. The highest BCUT2D eigenvalue weighted by Crippen LogP contribution is 2.51. The van der Waals surface area contributed by atoms with Crippen molar-refractivity contribution in [2.24, 2.45) is 11.8 Å². The summed E-state index contributed by atoms with van der Waals surface area (Å²) in [6.07, 6.45) is 4.38. The predicted octanol–water partition coefficient (Wildman–Crippen LogP) is 2.34. The molecule has 4 atom stereocenters. The Morgan fingerprint density at radius 1 is 1.19 bits per heavy atom. The number of methoxy groups -OCH3 is 1. The van der Waals surface area contributed by atoms with Gasteiger partial charge < -0.3 is 19.7 Å². The van der Waals surface area contributed by atoms with Gasteiger partial charge in [0.15, 0.2) is 0 Å². The van der Waals surface area contributed by atoms with Crippen LogP contribution in [0.2, 0.25) is 0 Å². The third-order valence-electron chi connectivity index (χ3n) is 6.64. The molecule has 6 nitrogen and oxygen atoms in total. The van der Waals surface area contributed by atoms with Crippen molar-refractivity contribution in [2.75, 3.05) is 20.2 Å². The summed E-state index contributed by atoms with van der Waals surface area (Å²) >= 11 is 0. The number of hydrogen-bond donors (Lipinski definition) is 1. The van der Waals surface area contributed by atoms with Crippen LogP contribution in [0.3, 0.4) is 0 Å². The fraction of sp³-hybridized carbons (Fsp3) is 0.360. The average Bonchev–Trinajstić information content (AvgIpc) is 3.45. The van der Waals surface area contributed by atoms with Gasteiger partial charge in [-0.2, -0.15) is 0 Å². The minimum Gasteiger partial charge on any atom is -0.496 e. The van der Waals surface area contributed by atoms with Crippen molar-refractivity contribution < 1.29 is 19.1 Å². The molecule has 0 saturated carbocycles. The van der Waals surface area contributed by atoms with Crippen molar-refractivity contribution >= 4 is 11.8 Å². The molecule has 0 aliphatic carbocycles. The number of carbonyl (C=O) groups excluding carboxylic acids is 2. The lowest BCUT2D eigenvalue weighted by molar-refractivity contribution is -0.137. The number of nitrogens with one attached hydrogen (secondary N) is 1. The molecule has 160 valence electrons. The zero-order valence-electron chi connectivity index (χ0n) is 17.5. The summed E-state index contributed by atoms with van der Waals surface area (Å²) in [6.45, 7) is 1.48. The fourth-order valence-electron chi connectivity index (χ4n) is 5.12. The molecule has 5 rings (SSSR count). The largest absolute Gasteiger partial charge is 0.496 e. The van der Waals surface area contributed by atoms with Gasteiger partial charge in [-0.25, -0.2) is 0 Å². The molecular weight excluding hydrogens is 392 g/mol. The third-order valence-corrected chi connectivity index (χ3v) is 6.64. The molecule has 3 aliphatic rings. The zero-order valence-corrected chi connectivity index (χ0v) is 17.5. The highest BCUT2D eigenvalue weighted by atomic mass is 16.5. The third kappa shape index (κ3) is 3.41. The van der Waals surface area contributed by atoms with Gasteiger partial charge >= 0.3 is 0 Å². The van der Waals surface area contributed by atoms with E-state index in [2.05, 4.69) is 17.4 Å². The molecule has 2 bridgehead atoms. The molecule has 3 aliphatic heterocycles. The first kappa shape index (κ1) is 19.8. The lowest BCUT2D eigenvalue weighted by atomic mass is 9.77. The number of fused-ring (bicyclic) bond motifs is 1. The van der Waals surface area contributed by atoms with E-state index >= 15 is 0 Å². The second kappa shape index (κ2) is 7.85. The monoisotopic (exact) mass is 418 g/mol. The van der Waals surface area contributed by atoms with Gasteiger partial charge in [-0.15, -0.1) is 0 Å². The van der Waals surface area contributed by atoms with E-state index in [1.165, 1.54) is 5.56 Å². The first-order valence-corrected chi connectivity index (χ1v) is 10.7. The Kier molecular flexibility index (Phi) is 5.02. The lowest BCUT2D eigenvalue weighted by Crippen LogP contribution is -2.44. The van der Waals surface area contributed by atoms with Crippen molar-refractivity contribution in [3.8, 4) is 5.75 Å². The topological polar surface area (TPSA) is 67.9 Å². The number of likely N-dealkylation sites (tertiary alicyclic amines) is 1. The zero-order chi connectivity index (χ0) is 21.4. The second-order valence-electron chi connectivity index (χ2n) is 8.43. The molecule has 0 unspecified atom stereocenters. The molecular formula is C25H26N2O4. The molecule has 0 radical (unpaired) electrons. The van der Waals surface area contributed by atoms with Gasteiger partial charge in [0.25, 0.3) is 0 Å². The summed E-state index contributed by atoms with van der Waals surface area (Å²) in [6, 6.07) is 17.7. The van der Waals surface area contributed by atoms with Crippen molar-refractivity contribution in [2.45, 2.75) is 24.7 Å². The Labute approximate surface area is 181 Å². The molecule has 31 heavy (non-hydrogen) atoms. The van der Waals surface area contributed by atoms with Crippen molar-refractivity contribution in [3.63, 3.8) is 0 Å². The number of ether oxygens (including phenoxy) is 2. The summed E-state index contributed by atoms with van der Waals surface area (Å²) in [5.74, 6) is -0.372. The van der Waals surface area contributed by atoms with Crippen LogP contribution in [0.5, 0.6) is 5.75 Å². The van der Waals surface area contributed by atoms with Crippen molar-refractivity contribution in [3.05, 3.63) is 77.9 Å². The van der Waals surface area contributed by atoms with Crippen LogP contribution in [0, 0.1) is 11.8 Å². The summed E-state index contributed by atoms with van der Waals surface area (Å²) < 4.78 is 11.6. The maximum atomic E-state index is 13.3. The van der Waals surface area contributed by atoms with Gasteiger partial charge in [0.05, 0.1) is 31.6 Å². The SMILES string of the molecule is COc1ccccc1CNC(=O)[C@@H]1[C@@H]2C=C[C@@]3(CN(CCc4ccccc4)C(=O)[C@@H]13)O2. The minimum atomic E-state index is -0.676. The van der Waals surface area contributed by atoms with E-state index in [1.54, 1.807) is 7.11 Å². The van der Waals surface area contributed by atoms with Gasteiger partial charge in [0.2, 0.25) is 11.8 Å². The molecule has 1 N–H and O–H groups in total. The maximum Gasteiger partial charge on any atom is 0.230 e. The predicted molar refractivity (Wildman–Crippen MR) is 115 cm³/mol. The number of benzene rings is 2. The van der Waals surface area contributed by atoms with Gasteiger partial charge in [0.1, 0.15) is 11.4 Å². The molecule has 2 fully saturated rings. The molecule has 2 aromatic carbocycles. The molecule has 2 aromatic rings. The van der Waals surface area contributed by atoms with E-state index in [0.717, 1.165) is 17.7 Å². The van der Waals surface area contributed by atoms with Gasteiger partial charge in [-0.1, -0.05) is 60.7 Å². The van der Waals surface area contributed by atoms with E-state index in [0.29, 0.717) is 19.6 Å². The fourth-order valence-corrected chi connectivity index (χ4v) is 5.12. The first-order valence-electron chi connectivity index (χ1n) is 10.7. The summed E-state index contributed by atoms with van der Waals surface area (Å²) in [4.78, 5) is 28.3. The number of amides is 2. The Morgan fingerprint density at radius 3 is 2.77 bits per heavy atom. The highest BCUT2D eigenvalue weighted by molar-refractivity contribution is 5.93. The van der Waals surface area contributed by atoms with Crippen LogP contribution < -0.4 is 10.1 Å². The quantitative estimate of drug-likeness (QED) is 0.701. The molecule has 2 amide bonds. The summed E-state index contributed by atoms with van der Waals surface area (Å²) in [7, 11) is 1.61. The van der Waals surface area contributed by atoms with Crippen molar-refractivity contribution in [1.29, 1.82) is 0 Å². The Bertz CT molecular complexity index is 1020. The van der Waals surface area contributed by atoms with Gasteiger partial charge in [0, 0.05) is 18.7 Å². The lowest BCUT2D eigenvalue weighted by Gasteiger charge is -2.23. The van der Waals surface area contributed by atoms with E-state index in [9.17, 15) is 9.59 Å². The highest BCUT2D eigenvalue weighted by Gasteiger charge is 2.66. The number of rotatable bonds is 7. The van der Waals surface area contributed by atoms with Crippen LogP contribution in [0.15, 0.2) is 66.7 Å². The average molecular weight is 418 g/mol. The normalized spacial score (nSPS) is 28.1. The number of para-hydroxylation sites is 1. The molecule has 2 saturated heterocycles. The Balaban J connectivity index is 1.28. The standard InChI is InChI=1S/C25H26N2O4/c1-30-19-10-6-5-9-18(19)15-26-23(28)21-20-11-13-25(31-20)16-27(24(29)22(21)25)14-12-17-7-3-2-4-8-17/h2-11,13,20-22H,12,14-16H2,1H3,(H,26,28)/t20-,21+,22+,25-/m0/s1. The van der Waals surface area contributed by atoms with Crippen LogP contribution in [0.25, 0.3) is 0 Å². The van der Waals surface area contributed by atoms with E-state index in [-0.39, 0.29) is 17.9 Å². The maximum absolute atomic E-state index is 13.3. The Morgan fingerprint density at radius 2 is 1.97 bits per heavy atom. The van der Waals surface area contributed by atoms with Gasteiger partial charge in [-0.3, -0.25) is 9.59 Å². The number of carbonyl (C=O) groups is 2. The van der Waals surface area contributed by atoms with Crippen LogP contribution in [0.1, 0.15) is 11.1 Å². The van der Waals surface area contributed by atoms with Crippen LogP contribution in [-0.2, 0) is 27.3 Å². The smallest absolute Gasteiger partial charge is 0.230 e. The number of nitrogens with zero attached hydrogens (tertiary/aromatic N) is 1. The summed E-state index contributed by atoms with van der Waals surface area (Å²) in [5, 5.41) is 3.00. The molecule has 3 heterocycles. The summed E-state index contributed by atoms with van der Waals surface area (Å²) in [5.41, 5.74) is 1.41. The van der Waals surface area contributed by atoms with Crippen LogP contribution in [0.4, 0.5) is 0 Å². The molecule has 0 aromatic heterocycles. The van der Waals surface area contributed by atoms with E-state index in [4.69, 9.17) is 9.47 Å². The Hall–Kier alpha value is -3.12. The van der Waals surface area contributed by atoms with E-state index in [1.807, 2.05) is 59.5 Å². The number of hydrogen-bond acceptors (Lipinski definition) is 4. The molecule has 1 spiro atoms. The molecule has 6 heteroatoms. The second-order valence-corrected chi connectivity index (χ2v) is 8.43. The first-order chi connectivity index (χ1) is 15.1. The van der Waals surface area contributed by atoms with Crippen molar-refractivity contribution in [1.82, 2.24) is 10.2 Å². The van der Waals surface area contributed by atoms with Crippen LogP contribution in [-0.4, -0.2) is 48.6 Å². The van der Waals surface area contributed by atoms with Crippen LogP contribution >= 0.6 is 0 Å². The van der Waals surface area contributed by atoms with E-state index < -0.39 is 17.4 Å².